The van der Waals surface area contributed by atoms with Crippen molar-refractivity contribution < 1.29 is 17.2 Å². The number of hydrogen-bond donors (Lipinski definition) is 1. The normalized spacial score (nSPS) is 20.4. The van der Waals surface area contributed by atoms with Crippen LogP contribution < -0.4 is 4.72 Å². The summed E-state index contributed by atoms with van der Waals surface area (Å²) >= 11 is 0. The van der Waals surface area contributed by atoms with E-state index in [4.69, 9.17) is 0 Å². The lowest BCUT2D eigenvalue weighted by Crippen LogP contribution is -2.30. The van der Waals surface area contributed by atoms with Gasteiger partial charge in [-0.2, -0.15) is 0 Å². The summed E-state index contributed by atoms with van der Waals surface area (Å²) in [4.78, 5) is 5.36. The Kier molecular flexibility index (Phi) is 4.66. The van der Waals surface area contributed by atoms with Gasteiger partial charge in [-0.05, 0) is 18.9 Å². The molecule has 0 amide bonds. The second-order valence-electron chi connectivity index (χ2n) is 5.09. The third-order valence-corrected chi connectivity index (χ3v) is 4.03. The number of pyridine rings is 1. The molecular formula is C12H17F2N3O2S. The molecule has 2 rings (SSSR count). The van der Waals surface area contributed by atoms with Gasteiger partial charge in [-0.1, -0.05) is 0 Å². The zero-order valence-corrected chi connectivity index (χ0v) is 12.0. The quantitative estimate of drug-likeness (QED) is 0.871. The predicted molar refractivity (Wildman–Crippen MR) is 70.4 cm³/mol. The van der Waals surface area contributed by atoms with E-state index in [1.165, 1.54) is 0 Å². The summed E-state index contributed by atoms with van der Waals surface area (Å²) in [5, 5.41) is 0. The maximum absolute atomic E-state index is 13.5. The average molecular weight is 305 g/mol. The van der Waals surface area contributed by atoms with Crippen LogP contribution in [0.1, 0.15) is 12.0 Å². The van der Waals surface area contributed by atoms with E-state index >= 15 is 0 Å². The molecular weight excluding hydrogens is 288 g/mol. The fraction of sp³-hybridized carbons (Fsp3) is 0.583. The minimum Gasteiger partial charge on any atom is -0.299 e. The Morgan fingerprint density at radius 3 is 2.65 bits per heavy atom. The predicted octanol–water partition coefficient (Wildman–Crippen LogP) is 0.731. The van der Waals surface area contributed by atoms with Gasteiger partial charge in [0.1, 0.15) is 11.6 Å². The molecule has 1 aliphatic rings. The molecule has 8 heteroatoms. The Hall–Kier alpha value is -1.12. The third-order valence-electron chi connectivity index (χ3n) is 3.34. The van der Waals surface area contributed by atoms with Crippen molar-refractivity contribution in [3.05, 3.63) is 29.6 Å². The highest BCUT2D eigenvalue weighted by Crippen LogP contribution is 2.20. The zero-order chi connectivity index (χ0) is 14.8. The van der Waals surface area contributed by atoms with Crippen LogP contribution in [0.5, 0.6) is 0 Å². The van der Waals surface area contributed by atoms with E-state index in [0.29, 0.717) is 19.6 Å². The van der Waals surface area contributed by atoms with Crippen LogP contribution in [0.15, 0.2) is 12.4 Å². The zero-order valence-electron chi connectivity index (χ0n) is 11.1. The molecule has 1 fully saturated rings. The van der Waals surface area contributed by atoms with E-state index in [-0.39, 0.29) is 18.0 Å². The number of halogens is 2. The highest BCUT2D eigenvalue weighted by atomic mass is 32.2. The number of rotatable bonds is 5. The van der Waals surface area contributed by atoms with E-state index in [0.717, 1.165) is 25.1 Å². The number of nitrogens with zero attached hydrogens (tertiary/aromatic N) is 2. The Morgan fingerprint density at radius 2 is 2.05 bits per heavy atom. The van der Waals surface area contributed by atoms with Gasteiger partial charge < -0.3 is 0 Å². The molecule has 0 radical (unpaired) electrons. The molecule has 0 aliphatic carbocycles. The molecule has 0 bridgehead atoms. The first kappa shape index (κ1) is 15.3. The van der Waals surface area contributed by atoms with Crippen molar-refractivity contribution in [3.63, 3.8) is 0 Å². The van der Waals surface area contributed by atoms with Crippen LogP contribution in [-0.4, -0.2) is 44.2 Å². The molecule has 1 aliphatic heterocycles. The van der Waals surface area contributed by atoms with Crippen LogP contribution >= 0.6 is 0 Å². The Bertz CT molecular complexity index is 560. The van der Waals surface area contributed by atoms with Gasteiger partial charge in [-0.3, -0.25) is 9.88 Å². The minimum absolute atomic E-state index is 0.0109. The fourth-order valence-corrected chi connectivity index (χ4v) is 2.84. The average Bonchev–Trinajstić information content (AvgIpc) is 2.79. The van der Waals surface area contributed by atoms with Gasteiger partial charge in [0.05, 0.1) is 18.6 Å². The van der Waals surface area contributed by atoms with Crippen LogP contribution in [0.2, 0.25) is 0 Å². The fourth-order valence-electron chi connectivity index (χ4n) is 2.31. The van der Waals surface area contributed by atoms with Crippen molar-refractivity contribution in [2.45, 2.75) is 13.0 Å². The number of nitrogens with one attached hydrogen (secondary N) is 1. The Balaban J connectivity index is 1.90. The number of likely N-dealkylation sites (tertiary alicyclic amines) is 1. The monoisotopic (exact) mass is 305 g/mol. The van der Waals surface area contributed by atoms with Gasteiger partial charge in [0.2, 0.25) is 10.0 Å². The maximum atomic E-state index is 13.5. The molecule has 1 N–H and O–H groups in total. The highest BCUT2D eigenvalue weighted by molar-refractivity contribution is 7.88. The Labute approximate surface area is 117 Å². The highest BCUT2D eigenvalue weighted by Gasteiger charge is 2.24. The Morgan fingerprint density at radius 1 is 1.40 bits per heavy atom. The van der Waals surface area contributed by atoms with Crippen molar-refractivity contribution in [1.82, 2.24) is 14.6 Å². The second kappa shape index (κ2) is 6.11. The van der Waals surface area contributed by atoms with Gasteiger partial charge in [0.25, 0.3) is 0 Å². The molecule has 1 aromatic heterocycles. The summed E-state index contributed by atoms with van der Waals surface area (Å²) < 4.78 is 51.5. The maximum Gasteiger partial charge on any atom is 0.208 e. The van der Waals surface area contributed by atoms with Crippen LogP contribution in [0, 0.1) is 17.6 Å². The number of hydrogen-bond acceptors (Lipinski definition) is 4. The number of sulfonamides is 1. The summed E-state index contributed by atoms with van der Waals surface area (Å²) in [6, 6.07) is 0. The molecule has 0 aromatic carbocycles. The summed E-state index contributed by atoms with van der Waals surface area (Å²) in [6.45, 7) is 1.84. The molecule has 20 heavy (non-hydrogen) atoms. The van der Waals surface area contributed by atoms with Crippen LogP contribution in [0.25, 0.3) is 0 Å². The molecule has 5 nitrogen and oxygen atoms in total. The molecule has 1 saturated heterocycles. The lowest BCUT2D eigenvalue weighted by atomic mass is 10.1. The topological polar surface area (TPSA) is 62.3 Å². The third kappa shape index (κ3) is 4.19. The van der Waals surface area contributed by atoms with Crippen molar-refractivity contribution in [2.75, 3.05) is 25.9 Å². The van der Waals surface area contributed by atoms with Crippen LogP contribution in [0.3, 0.4) is 0 Å². The van der Waals surface area contributed by atoms with Crippen LogP contribution in [-0.2, 0) is 16.6 Å². The first-order valence-electron chi connectivity index (χ1n) is 6.30. The van der Waals surface area contributed by atoms with Gasteiger partial charge >= 0.3 is 0 Å². The van der Waals surface area contributed by atoms with Crippen LogP contribution in [0.4, 0.5) is 8.78 Å². The van der Waals surface area contributed by atoms with Gasteiger partial charge in [0, 0.05) is 25.2 Å². The largest absolute Gasteiger partial charge is 0.299 e. The van der Waals surface area contributed by atoms with Gasteiger partial charge in [0.15, 0.2) is 0 Å². The van der Waals surface area contributed by atoms with E-state index in [1.807, 2.05) is 4.90 Å². The summed E-state index contributed by atoms with van der Waals surface area (Å²) in [5.41, 5.74) is 0.0109. The first-order chi connectivity index (χ1) is 9.35. The number of aromatic nitrogens is 1. The molecule has 2 heterocycles. The molecule has 112 valence electrons. The van der Waals surface area contributed by atoms with Crippen molar-refractivity contribution >= 4 is 10.0 Å². The minimum atomic E-state index is -3.20. The lowest BCUT2D eigenvalue weighted by molar-refractivity contribution is 0.305. The molecule has 1 unspecified atom stereocenters. The van der Waals surface area contributed by atoms with Crippen molar-refractivity contribution in [3.8, 4) is 0 Å². The van der Waals surface area contributed by atoms with E-state index in [1.54, 1.807) is 0 Å². The molecule has 1 atom stereocenters. The van der Waals surface area contributed by atoms with Gasteiger partial charge in [-0.15, -0.1) is 0 Å². The standard InChI is InChI=1S/C12H17F2N3O2S/c1-20(18,19)16-4-9-2-3-17(7-9)8-10-11(13)5-15-6-12(10)14/h5-6,9,16H,2-4,7-8H2,1H3. The van der Waals surface area contributed by atoms with Crippen molar-refractivity contribution in [1.29, 1.82) is 0 Å². The smallest absolute Gasteiger partial charge is 0.208 e. The molecule has 0 spiro atoms. The van der Waals surface area contributed by atoms with E-state index < -0.39 is 21.7 Å². The summed E-state index contributed by atoms with van der Waals surface area (Å²) in [7, 11) is -3.20. The van der Waals surface area contributed by atoms with E-state index in [2.05, 4.69) is 9.71 Å². The SMILES string of the molecule is CS(=O)(=O)NCC1CCN(Cc2c(F)cncc2F)C1. The lowest BCUT2D eigenvalue weighted by Gasteiger charge is -2.16. The van der Waals surface area contributed by atoms with Crippen molar-refractivity contribution in [2.24, 2.45) is 5.92 Å². The van der Waals surface area contributed by atoms with E-state index in [9.17, 15) is 17.2 Å². The second-order valence-corrected chi connectivity index (χ2v) is 6.93. The molecule has 0 saturated carbocycles. The van der Waals surface area contributed by atoms with Gasteiger partial charge in [-0.25, -0.2) is 21.9 Å². The molecule has 1 aromatic rings. The first-order valence-corrected chi connectivity index (χ1v) is 8.19. The summed E-state index contributed by atoms with van der Waals surface area (Å²) in [6.07, 6.45) is 3.91. The summed E-state index contributed by atoms with van der Waals surface area (Å²) in [5.74, 6) is -1.14.